The maximum absolute atomic E-state index is 12.1. The van der Waals surface area contributed by atoms with Crippen LogP contribution in [0.2, 0.25) is 0 Å². The van der Waals surface area contributed by atoms with Gasteiger partial charge in [0.05, 0.1) is 19.2 Å². The Hall–Kier alpha value is -2.41. The first kappa shape index (κ1) is 20.6. The van der Waals surface area contributed by atoms with Gasteiger partial charge in [-0.2, -0.15) is 0 Å². The number of hydrogen-bond donors (Lipinski definition) is 3. The fourth-order valence-electron chi connectivity index (χ4n) is 2.18. The van der Waals surface area contributed by atoms with Crippen molar-refractivity contribution >= 4 is 23.5 Å². The van der Waals surface area contributed by atoms with Crippen LogP contribution < -0.4 is 15.5 Å². The monoisotopic (exact) mass is 350 g/mol. The summed E-state index contributed by atoms with van der Waals surface area (Å²) in [5, 5.41) is 5.61. The van der Waals surface area contributed by atoms with Gasteiger partial charge in [0.2, 0.25) is 0 Å². The Labute approximate surface area is 148 Å². The van der Waals surface area contributed by atoms with Gasteiger partial charge in [-0.3, -0.25) is 9.59 Å². The predicted molar refractivity (Wildman–Crippen MR) is 95.5 cm³/mol. The largest absolute Gasteiger partial charge is 0.462 e. The van der Waals surface area contributed by atoms with Gasteiger partial charge in [-0.25, -0.2) is 4.79 Å². The van der Waals surface area contributed by atoms with Crippen LogP contribution in [0, 0.1) is 0 Å². The third-order valence-electron chi connectivity index (χ3n) is 3.12. The second-order valence-electron chi connectivity index (χ2n) is 6.95. The third-order valence-corrected chi connectivity index (χ3v) is 3.12. The zero-order chi connectivity index (χ0) is 19.0. The average molecular weight is 350 g/mol. The fraction of sp³-hybridized carbons (Fsp3) is 0.500. The molecule has 3 N–H and O–H groups in total. The van der Waals surface area contributed by atoms with Gasteiger partial charge in [0, 0.05) is 11.2 Å². The summed E-state index contributed by atoms with van der Waals surface area (Å²) in [6.07, 6.45) is 0. The Kier molecular flexibility index (Phi) is 7.57. The first-order valence-corrected chi connectivity index (χ1v) is 8.30. The smallest absolute Gasteiger partial charge is 0.338 e. The SMILES string of the molecule is CCOC(=O)c1ccc(NC(=O)C[NH+](C)CC(=O)NC(C)(C)C)cc1. The summed E-state index contributed by atoms with van der Waals surface area (Å²) in [4.78, 5) is 36.3. The molecule has 1 unspecified atom stereocenters. The molecule has 1 aromatic carbocycles. The maximum Gasteiger partial charge on any atom is 0.338 e. The number of carbonyl (C=O) groups is 3. The summed E-state index contributed by atoms with van der Waals surface area (Å²) in [6, 6.07) is 6.49. The number of amides is 2. The molecule has 0 aliphatic rings. The molecule has 0 saturated carbocycles. The molecule has 0 aromatic heterocycles. The number of likely N-dealkylation sites (N-methyl/N-ethyl adjacent to an activating group) is 1. The van der Waals surface area contributed by atoms with Crippen molar-refractivity contribution < 1.29 is 24.0 Å². The molecule has 0 heterocycles. The van der Waals surface area contributed by atoms with Gasteiger partial charge in [-0.1, -0.05) is 0 Å². The van der Waals surface area contributed by atoms with E-state index in [2.05, 4.69) is 10.6 Å². The van der Waals surface area contributed by atoms with Gasteiger partial charge >= 0.3 is 5.97 Å². The minimum Gasteiger partial charge on any atom is -0.462 e. The molecule has 1 aromatic rings. The van der Waals surface area contributed by atoms with Crippen LogP contribution in [0.5, 0.6) is 0 Å². The highest BCUT2D eigenvalue weighted by Crippen LogP contribution is 2.10. The molecule has 1 rings (SSSR count). The summed E-state index contributed by atoms with van der Waals surface area (Å²) >= 11 is 0. The number of hydrogen-bond acceptors (Lipinski definition) is 4. The van der Waals surface area contributed by atoms with Gasteiger partial charge in [-0.15, -0.1) is 0 Å². The summed E-state index contributed by atoms with van der Waals surface area (Å²) in [5.41, 5.74) is 0.728. The van der Waals surface area contributed by atoms with Crippen molar-refractivity contribution in [3.63, 3.8) is 0 Å². The average Bonchev–Trinajstić information content (AvgIpc) is 2.45. The number of anilines is 1. The second-order valence-corrected chi connectivity index (χ2v) is 6.95. The van der Waals surface area contributed by atoms with Crippen LogP contribution in [-0.4, -0.2) is 50.1 Å². The van der Waals surface area contributed by atoms with E-state index in [1.165, 1.54) is 0 Å². The van der Waals surface area contributed by atoms with E-state index in [9.17, 15) is 14.4 Å². The van der Waals surface area contributed by atoms with Crippen LogP contribution in [-0.2, 0) is 14.3 Å². The Morgan fingerprint density at radius 3 is 2.12 bits per heavy atom. The van der Waals surface area contributed by atoms with Crippen molar-refractivity contribution in [3.05, 3.63) is 29.8 Å². The number of quaternary nitrogens is 1. The minimum atomic E-state index is -0.394. The van der Waals surface area contributed by atoms with Crippen molar-refractivity contribution in [3.8, 4) is 0 Å². The lowest BCUT2D eigenvalue weighted by atomic mass is 10.1. The van der Waals surface area contributed by atoms with Crippen molar-refractivity contribution in [2.75, 3.05) is 32.1 Å². The molecule has 0 aliphatic heterocycles. The van der Waals surface area contributed by atoms with E-state index in [1.54, 1.807) is 38.2 Å². The lowest BCUT2D eigenvalue weighted by Gasteiger charge is -2.21. The van der Waals surface area contributed by atoms with Gasteiger partial charge in [0.15, 0.2) is 13.1 Å². The van der Waals surface area contributed by atoms with E-state index in [0.29, 0.717) is 17.9 Å². The lowest BCUT2D eigenvalue weighted by molar-refractivity contribution is -0.862. The van der Waals surface area contributed by atoms with E-state index in [1.807, 2.05) is 20.8 Å². The van der Waals surface area contributed by atoms with Gasteiger partial charge in [0.1, 0.15) is 0 Å². The molecule has 0 fully saturated rings. The highest BCUT2D eigenvalue weighted by Gasteiger charge is 2.18. The van der Waals surface area contributed by atoms with Crippen LogP contribution in [0.3, 0.4) is 0 Å². The number of rotatable bonds is 7. The normalized spacial score (nSPS) is 12.2. The number of benzene rings is 1. The molecule has 7 nitrogen and oxygen atoms in total. The van der Waals surface area contributed by atoms with Crippen LogP contribution >= 0.6 is 0 Å². The lowest BCUT2D eigenvalue weighted by Crippen LogP contribution is -3.11. The molecule has 0 spiro atoms. The summed E-state index contributed by atoms with van der Waals surface area (Å²) in [7, 11) is 1.78. The molecule has 1 atom stereocenters. The molecule has 0 radical (unpaired) electrons. The van der Waals surface area contributed by atoms with Gasteiger partial charge in [-0.05, 0) is 52.0 Å². The first-order chi connectivity index (χ1) is 11.6. The van der Waals surface area contributed by atoms with Gasteiger partial charge in [0.25, 0.3) is 11.8 Å². The topological polar surface area (TPSA) is 88.9 Å². The predicted octanol–water partition coefficient (Wildman–Crippen LogP) is 0.231. The molecule has 138 valence electrons. The van der Waals surface area contributed by atoms with E-state index in [-0.39, 0.29) is 30.4 Å². The van der Waals surface area contributed by atoms with E-state index in [0.717, 1.165) is 4.90 Å². The van der Waals surface area contributed by atoms with Crippen molar-refractivity contribution in [1.82, 2.24) is 5.32 Å². The molecule has 0 aliphatic carbocycles. The zero-order valence-electron chi connectivity index (χ0n) is 15.6. The van der Waals surface area contributed by atoms with Gasteiger partial charge < -0.3 is 20.3 Å². The zero-order valence-corrected chi connectivity index (χ0v) is 15.6. The molecule has 0 bridgehead atoms. The summed E-state index contributed by atoms with van der Waals surface area (Å²) in [5.74, 6) is -0.698. The molecule has 7 heteroatoms. The minimum absolute atomic E-state index is 0.100. The number of carbonyl (C=O) groups excluding carboxylic acids is 3. The van der Waals surface area contributed by atoms with Crippen molar-refractivity contribution in [2.45, 2.75) is 33.2 Å². The molecular weight excluding hydrogens is 322 g/mol. The standard InChI is InChI=1S/C18H27N3O4/c1-6-25-17(24)13-7-9-14(10-8-13)19-15(22)11-21(5)12-16(23)20-18(2,3)4/h7-10H,6,11-12H2,1-5H3,(H,19,22)(H,20,23)/p+1. The van der Waals surface area contributed by atoms with Crippen molar-refractivity contribution in [1.29, 1.82) is 0 Å². The number of esters is 1. The summed E-state index contributed by atoms with van der Waals surface area (Å²) in [6.45, 7) is 8.17. The molecule has 25 heavy (non-hydrogen) atoms. The summed E-state index contributed by atoms with van der Waals surface area (Å²) < 4.78 is 4.91. The highest BCUT2D eigenvalue weighted by molar-refractivity contribution is 5.93. The Balaban J connectivity index is 2.48. The van der Waals surface area contributed by atoms with E-state index in [4.69, 9.17) is 4.74 Å². The molecule has 2 amide bonds. The van der Waals surface area contributed by atoms with E-state index < -0.39 is 5.97 Å². The molecule has 0 saturated heterocycles. The Morgan fingerprint density at radius 2 is 1.60 bits per heavy atom. The number of nitrogens with one attached hydrogen (secondary N) is 3. The third kappa shape index (κ3) is 8.30. The first-order valence-electron chi connectivity index (χ1n) is 8.30. The fourth-order valence-corrected chi connectivity index (χ4v) is 2.18. The Bertz CT molecular complexity index is 606. The van der Waals surface area contributed by atoms with Crippen LogP contribution in [0.4, 0.5) is 5.69 Å². The van der Waals surface area contributed by atoms with Crippen LogP contribution in [0.15, 0.2) is 24.3 Å². The highest BCUT2D eigenvalue weighted by atomic mass is 16.5. The quantitative estimate of drug-likeness (QED) is 0.614. The van der Waals surface area contributed by atoms with E-state index >= 15 is 0 Å². The second kappa shape index (κ2) is 9.17. The van der Waals surface area contributed by atoms with Crippen LogP contribution in [0.25, 0.3) is 0 Å². The van der Waals surface area contributed by atoms with Crippen LogP contribution in [0.1, 0.15) is 38.1 Å². The molecular formula is C18H28N3O4+. The maximum atomic E-state index is 12.1. The van der Waals surface area contributed by atoms with Crippen molar-refractivity contribution in [2.24, 2.45) is 0 Å². The number of ether oxygens (including phenoxy) is 1. The Morgan fingerprint density at radius 1 is 1.04 bits per heavy atom.